The van der Waals surface area contributed by atoms with Gasteiger partial charge in [-0.15, -0.1) is 0 Å². The molecule has 2 rings (SSSR count). The Labute approximate surface area is 122 Å². The lowest BCUT2D eigenvalue weighted by atomic mass is 9.77. The van der Waals surface area contributed by atoms with Crippen molar-refractivity contribution >= 4 is 0 Å². The van der Waals surface area contributed by atoms with Gasteiger partial charge in [0, 0.05) is 6.04 Å². The summed E-state index contributed by atoms with van der Waals surface area (Å²) in [4.78, 5) is 0. The first-order valence-corrected chi connectivity index (χ1v) is 7.36. The van der Waals surface area contributed by atoms with Crippen molar-refractivity contribution in [2.24, 2.45) is 11.8 Å². The molecule has 1 saturated carbocycles. The molecule has 0 saturated heterocycles. The first-order chi connectivity index (χ1) is 9.82. The quantitative estimate of drug-likeness (QED) is 0.781. The molecule has 0 aliphatic heterocycles. The van der Waals surface area contributed by atoms with Crippen molar-refractivity contribution < 1.29 is 17.6 Å². The molecule has 1 nitrogen and oxygen atoms in total. The molecule has 0 radical (unpaired) electrons. The number of nitrogens with one attached hydrogen (secondary N) is 1. The smallest absolute Gasteiger partial charge is 0.313 e. The second kappa shape index (κ2) is 6.34. The minimum Gasteiger partial charge on any atom is -0.313 e. The second-order valence-electron chi connectivity index (χ2n) is 6.02. The fourth-order valence-electron chi connectivity index (χ4n) is 3.25. The van der Waals surface area contributed by atoms with Gasteiger partial charge in [0.15, 0.2) is 0 Å². The normalized spacial score (nSPS) is 24.9. The van der Waals surface area contributed by atoms with Crippen molar-refractivity contribution in [1.29, 1.82) is 0 Å². The van der Waals surface area contributed by atoms with E-state index in [1.165, 1.54) is 6.07 Å². The largest absolute Gasteiger partial charge is 0.419 e. The molecule has 1 atom stereocenters. The van der Waals surface area contributed by atoms with Crippen LogP contribution in [-0.4, -0.2) is 7.05 Å². The van der Waals surface area contributed by atoms with E-state index < -0.39 is 17.6 Å². The van der Waals surface area contributed by atoms with Gasteiger partial charge in [-0.2, -0.15) is 13.2 Å². The summed E-state index contributed by atoms with van der Waals surface area (Å²) in [6.07, 6.45) is -0.361. The van der Waals surface area contributed by atoms with Crippen molar-refractivity contribution in [1.82, 2.24) is 5.32 Å². The average Bonchev–Trinajstić information content (AvgIpc) is 2.40. The predicted octanol–water partition coefficient (Wildman–Crippen LogP) is 4.93. The number of rotatable bonds is 3. The van der Waals surface area contributed by atoms with Gasteiger partial charge in [-0.1, -0.05) is 25.8 Å². The van der Waals surface area contributed by atoms with Crippen LogP contribution >= 0.6 is 0 Å². The Morgan fingerprint density at radius 3 is 2.24 bits per heavy atom. The molecule has 0 heterocycles. The zero-order valence-electron chi connectivity index (χ0n) is 12.3. The molecule has 1 aromatic rings. The SMILES string of the molecule is CNC(c1ccc(C(F)(F)F)c(F)c1)C1CCC(C)CC1. The molecule has 0 amide bonds. The van der Waals surface area contributed by atoms with E-state index in [4.69, 9.17) is 0 Å². The van der Waals surface area contributed by atoms with Crippen LogP contribution in [-0.2, 0) is 6.18 Å². The number of alkyl halides is 3. The fourth-order valence-corrected chi connectivity index (χ4v) is 3.25. The van der Waals surface area contributed by atoms with Crippen LogP contribution in [0.3, 0.4) is 0 Å². The summed E-state index contributed by atoms with van der Waals surface area (Å²) in [5.41, 5.74) is -0.596. The summed E-state index contributed by atoms with van der Waals surface area (Å²) in [6, 6.07) is 3.18. The maximum Gasteiger partial charge on any atom is 0.419 e. The molecule has 118 valence electrons. The summed E-state index contributed by atoms with van der Waals surface area (Å²) in [5, 5.41) is 3.14. The molecule has 1 N–H and O–H groups in total. The van der Waals surface area contributed by atoms with Gasteiger partial charge >= 0.3 is 6.18 Å². The van der Waals surface area contributed by atoms with E-state index in [2.05, 4.69) is 12.2 Å². The first kappa shape index (κ1) is 16.3. The fraction of sp³-hybridized carbons (Fsp3) is 0.625. The van der Waals surface area contributed by atoms with Crippen LogP contribution in [0, 0.1) is 17.7 Å². The maximum absolute atomic E-state index is 13.7. The second-order valence-corrected chi connectivity index (χ2v) is 6.02. The summed E-state index contributed by atoms with van der Waals surface area (Å²) in [6.45, 7) is 2.21. The van der Waals surface area contributed by atoms with E-state index in [0.29, 0.717) is 17.4 Å². The maximum atomic E-state index is 13.7. The molecule has 1 aliphatic carbocycles. The van der Waals surface area contributed by atoms with Gasteiger partial charge in [0.1, 0.15) is 5.82 Å². The van der Waals surface area contributed by atoms with E-state index in [1.807, 2.05) is 0 Å². The number of halogens is 4. The van der Waals surface area contributed by atoms with Crippen LogP contribution in [0.4, 0.5) is 17.6 Å². The van der Waals surface area contributed by atoms with Gasteiger partial charge in [-0.25, -0.2) is 4.39 Å². The molecular weight excluding hydrogens is 282 g/mol. The Kier molecular flexibility index (Phi) is 4.91. The standard InChI is InChI=1S/C16H21F4N/c1-10-3-5-11(6-4-10)15(21-2)12-7-8-13(14(17)9-12)16(18,19)20/h7-11,15,21H,3-6H2,1-2H3. The Bertz CT molecular complexity index is 476. The lowest BCUT2D eigenvalue weighted by Gasteiger charge is -2.33. The molecule has 0 spiro atoms. The van der Waals surface area contributed by atoms with Gasteiger partial charge in [0.05, 0.1) is 5.56 Å². The molecule has 0 bridgehead atoms. The Hall–Kier alpha value is -1.10. The highest BCUT2D eigenvalue weighted by Gasteiger charge is 2.35. The average molecular weight is 303 g/mol. The van der Waals surface area contributed by atoms with E-state index in [-0.39, 0.29) is 6.04 Å². The van der Waals surface area contributed by atoms with E-state index in [9.17, 15) is 17.6 Å². The van der Waals surface area contributed by atoms with Crippen LogP contribution < -0.4 is 5.32 Å². The third-order valence-electron chi connectivity index (χ3n) is 4.50. The van der Waals surface area contributed by atoms with Gasteiger partial charge in [0.2, 0.25) is 0 Å². The minimum atomic E-state index is -4.64. The van der Waals surface area contributed by atoms with Crippen molar-refractivity contribution in [3.63, 3.8) is 0 Å². The van der Waals surface area contributed by atoms with Crippen molar-refractivity contribution in [2.45, 2.75) is 44.8 Å². The monoisotopic (exact) mass is 303 g/mol. The zero-order valence-corrected chi connectivity index (χ0v) is 12.3. The zero-order chi connectivity index (χ0) is 15.6. The van der Waals surface area contributed by atoms with Crippen LogP contribution in [0.5, 0.6) is 0 Å². The summed E-state index contributed by atoms with van der Waals surface area (Å²) in [7, 11) is 1.78. The van der Waals surface area contributed by atoms with Crippen LogP contribution in [0.15, 0.2) is 18.2 Å². The number of hydrogen-bond donors (Lipinski definition) is 1. The Balaban J connectivity index is 2.21. The van der Waals surface area contributed by atoms with E-state index in [1.54, 1.807) is 7.05 Å². The van der Waals surface area contributed by atoms with Crippen molar-refractivity contribution in [2.75, 3.05) is 7.05 Å². The highest BCUT2D eigenvalue weighted by atomic mass is 19.4. The van der Waals surface area contributed by atoms with E-state index >= 15 is 0 Å². The molecule has 0 aromatic heterocycles. The third-order valence-corrected chi connectivity index (χ3v) is 4.50. The summed E-state index contributed by atoms with van der Waals surface area (Å²) in [5.74, 6) is -0.144. The highest BCUT2D eigenvalue weighted by molar-refractivity contribution is 5.29. The molecule has 1 unspecified atom stereocenters. The Morgan fingerprint density at radius 1 is 1.14 bits per heavy atom. The number of hydrogen-bond acceptors (Lipinski definition) is 1. The van der Waals surface area contributed by atoms with Crippen LogP contribution in [0.2, 0.25) is 0 Å². The molecule has 21 heavy (non-hydrogen) atoms. The highest BCUT2D eigenvalue weighted by Crippen LogP contribution is 2.38. The van der Waals surface area contributed by atoms with Crippen molar-refractivity contribution in [3.8, 4) is 0 Å². The third kappa shape index (κ3) is 3.76. The Morgan fingerprint density at radius 2 is 1.76 bits per heavy atom. The van der Waals surface area contributed by atoms with Crippen LogP contribution in [0.1, 0.15) is 49.8 Å². The molecule has 1 aromatic carbocycles. The lowest BCUT2D eigenvalue weighted by Crippen LogP contribution is -2.28. The van der Waals surface area contributed by atoms with Gasteiger partial charge in [0.25, 0.3) is 0 Å². The van der Waals surface area contributed by atoms with Gasteiger partial charge in [-0.3, -0.25) is 0 Å². The summed E-state index contributed by atoms with van der Waals surface area (Å²) < 4.78 is 51.5. The topological polar surface area (TPSA) is 12.0 Å². The predicted molar refractivity (Wildman–Crippen MR) is 74.3 cm³/mol. The minimum absolute atomic E-state index is 0.0886. The van der Waals surface area contributed by atoms with Gasteiger partial charge in [-0.05, 0) is 49.4 Å². The molecule has 1 aliphatic rings. The van der Waals surface area contributed by atoms with E-state index in [0.717, 1.165) is 37.8 Å². The molecular formula is C16H21F4N. The summed E-state index contributed by atoms with van der Waals surface area (Å²) >= 11 is 0. The van der Waals surface area contributed by atoms with Gasteiger partial charge < -0.3 is 5.32 Å². The number of benzene rings is 1. The van der Waals surface area contributed by atoms with Crippen LogP contribution in [0.25, 0.3) is 0 Å². The first-order valence-electron chi connectivity index (χ1n) is 7.36. The lowest BCUT2D eigenvalue weighted by molar-refractivity contribution is -0.140. The molecule has 1 fully saturated rings. The molecule has 5 heteroatoms. The van der Waals surface area contributed by atoms with Crippen molar-refractivity contribution in [3.05, 3.63) is 35.1 Å².